The predicted octanol–water partition coefficient (Wildman–Crippen LogP) is 7.76. The predicted molar refractivity (Wildman–Crippen MR) is 189 cm³/mol. The van der Waals surface area contributed by atoms with Gasteiger partial charge in [-0.3, -0.25) is 9.59 Å². The van der Waals surface area contributed by atoms with Gasteiger partial charge in [0, 0.05) is 32.0 Å². The van der Waals surface area contributed by atoms with Gasteiger partial charge in [-0.05, 0) is 126 Å². The number of alkyl carbamates (subject to hydrolysis) is 1. The minimum Gasteiger partial charge on any atom is -0.484 e. The summed E-state index contributed by atoms with van der Waals surface area (Å²) in [7, 11) is 0. The monoisotopic (exact) mass is 771 g/mol. The topological polar surface area (TPSA) is 115 Å². The van der Waals surface area contributed by atoms with E-state index in [4.69, 9.17) is 14.2 Å². The maximum Gasteiger partial charge on any atom is 0.407 e. The molecule has 0 radical (unpaired) electrons. The Morgan fingerprint density at radius 1 is 0.915 bits per heavy atom. The van der Waals surface area contributed by atoms with Gasteiger partial charge in [0.15, 0.2) is 11.5 Å². The maximum atomic E-state index is 13.0. The highest BCUT2D eigenvalue weighted by Gasteiger charge is 2.20. The summed E-state index contributed by atoms with van der Waals surface area (Å²) in [6, 6.07) is 19.3. The summed E-state index contributed by atoms with van der Waals surface area (Å²) in [5, 5.41) is 8.83. The van der Waals surface area contributed by atoms with Crippen molar-refractivity contribution in [3.63, 3.8) is 0 Å². The van der Waals surface area contributed by atoms with Crippen LogP contribution in [0, 0.1) is 0 Å². The van der Waals surface area contributed by atoms with E-state index in [9.17, 15) is 14.4 Å². The number of carbonyl (C=O) groups is 3. The van der Waals surface area contributed by atoms with Gasteiger partial charge < -0.3 is 30.2 Å². The Morgan fingerprint density at radius 3 is 2.43 bits per heavy atom. The number of ether oxygens (including phenoxy) is 3. The molecule has 9 nitrogen and oxygen atoms in total. The number of benzene rings is 3. The standard InChI is InChI=1S/C36H43Br2N3O6/c1-36(2,3)47-35(44)40-17-8-7-11-27-22-33(43)39-18-16-26-20-29(38)34(45-23-25-9-5-4-6-10-25)31(21-26)46-30-14-12-24(19-28(30)37)13-15-32(42)41-27/h4-6,9-10,12,14,19-21,27H,7-8,11,13,15-18,22-23H2,1-3H3,(H,39,43)(H,40,44)(H,41,42)/t27-/m0/s1. The number of carbonyl (C=O) groups excluding carboxylic acids is 3. The van der Waals surface area contributed by atoms with Gasteiger partial charge in [-0.1, -0.05) is 36.4 Å². The molecule has 0 fully saturated rings. The number of fused-ring (bicyclic) bond motifs is 11. The van der Waals surface area contributed by atoms with E-state index in [0.717, 1.165) is 32.1 Å². The summed E-state index contributed by atoms with van der Waals surface area (Å²) in [6.07, 6.45) is 3.08. The van der Waals surface area contributed by atoms with Crippen LogP contribution >= 0.6 is 31.9 Å². The van der Waals surface area contributed by atoms with Crippen molar-refractivity contribution < 1.29 is 28.6 Å². The fraction of sp³-hybridized carbons (Fsp3) is 0.417. The van der Waals surface area contributed by atoms with Crippen LogP contribution in [0.2, 0.25) is 0 Å². The van der Waals surface area contributed by atoms with Crippen LogP contribution in [0.4, 0.5) is 4.79 Å². The van der Waals surface area contributed by atoms with E-state index in [0.29, 0.717) is 62.6 Å². The molecule has 0 unspecified atom stereocenters. The molecular weight excluding hydrogens is 730 g/mol. The zero-order valence-electron chi connectivity index (χ0n) is 27.1. The zero-order valence-corrected chi connectivity index (χ0v) is 30.3. The molecule has 4 bridgehead atoms. The minimum absolute atomic E-state index is 0.118. The van der Waals surface area contributed by atoms with Crippen molar-refractivity contribution >= 4 is 49.8 Å². The first kappa shape index (κ1) is 36.3. The molecule has 2 aliphatic rings. The molecule has 11 heteroatoms. The van der Waals surface area contributed by atoms with Gasteiger partial charge >= 0.3 is 6.09 Å². The van der Waals surface area contributed by atoms with Crippen molar-refractivity contribution in [1.29, 1.82) is 0 Å². The molecule has 0 aliphatic carbocycles. The molecule has 0 spiro atoms. The van der Waals surface area contributed by atoms with Crippen LogP contribution in [0.3, 0.4) is 0 Å². The fourth-order valence-corrected chi connectivity index (χ4v) is 6.17. The molecule has 5 rings (SSSR count). The summed E-state index contributed by atoms with van der Waals surface area (Å²) in [6.45, 7) is 6.68. The summed E-state index contributed by atoms with van der Waals surface area (Å²) in [5.74, 6) is 1.48. The van der Waals surface area contributed by atoms with Crippen molar-refractivity contribution in [2.24, 2.45) is 0 Å². The van der Waals surface area contributed by atoms with Crippen molar-refractivity contribution in [1.82, 2.24) is 16.0 Å². The average Bonchev–Trinajstić information content (AvgIpc) is 3.00. The van der Waals surface area contributed by atoms with E-state index in [1.54, 1.807) is 0 Å². The van der Waals surface area contributed by atoms with Crippen LogP contribution in [0.1, 0.15) is 69.6 Å². The molecule has 2 heterocycles. The van der Waals surface area contributed by atoms with E-state index < -0.39 is 11.7 Å². The first-order valence-corrected chi connectivity index (χ1v) is 17.5. The molecule has 0 saturated heterocycles. The van der Waals surface area contributed by atoms with Crippen LogP contribution in [-0.4, -0.2) is 42.6 Å². The van der Waals surface area contributed by atoms with E-state index in [2.05, 4.69) is 47.8 Å². The lowest BCUT2D eigenvalue weighted by Gasteiger charge is -2.20. The van der Waals surface area contributed by atoms with Crippen LogP contribution in [-0.2, 0) is 33.8 Å². The van der Waals surface area contributed by atoms with Gasteiger partial charge in [-0.25, -0.2) is 4.79 Å². The van der Waals surface area contributed by atoms with Gasteiger partial charge in [0.05, 0.1) is 8.95 Å². The molecule has 252 valence electrons. The van der Waals surface area contributed by atoms with Crippen LogP contribution in [0.25, 0.3) is 0 Å². The van der Waals surface area contributed by atoms with Crippen LogP contribution in [0.5, 0.6) is 17.2 Å². The van der Waals surface area contributed by atoms with E-state index in [-0.39, 0.29) is 30.7 Å². The normalized spacial score (nSPS) is 15.8. The fourth-order valence-electron chi connectivity index (χ4n) is 5.06. The summed E-state index contributed by atoms with van der Waals surface area (Å²) >= 11 is 7.34. The Kier molecular flexibility index (Phi) is 13.5. The number of nitrogens with one attached hydrogen (secondary N) is 3. The molecule has 0 saturated carbocycles. The SMILES string of the molecule is CC(C)(C)OC(=O)NCCCC[C@H]1CC(=O)NCCc2cc(Br)c(OCc3ccccc3)c(c2)Oc2ccc(cc2Br)CCC(=O)N1. The highest BCUT2D eigenvalue weighted by Crippen LogP contribution is 2.41. The number of amides is 3. The van der Waals surface area contributed by atoms with E-state index >= 15 is 0 Å². The van der Waals surface area contributed by atoms with Gasteiger partial charge in [0.25, 0.3) is 0 Å². The van der Waals surface area contributed by atoms with Crippen LogP contribution in [0.15, 0.2) is 69.6 Å². The molecule has 0 aromatic heterocycles. The van der Waals surface area contributed by atoms with Crippen molar-refractivity contribution in [3.05, 3.63) is 86.3 Å². The zero-order chi connectivity index (χ0) is 33.8. The summed E-state index contributed by atoms with van der Waals surface area (Å²) in [5.41, 5.74) is 2.40. The Labute approximate surface area is 293 Å². The molecule has 1 atom stereocenters. The van der Waals surface area contributed by atoms with E-state index in [1.165, 1.54) is 0 Å². The Bertz CT molecular complexity index is 1530. The molecule has 47 heavy (non-hydrogen) atoms. The smallest absolute Gasteiger partial charge is 0.407 e. The number of halogens is 2. The maximum absolute atomic E-state index is 13.0. The highest BCUT2D eigenvalue weighted by atomic mass is 79.9. The largest absolute Gasteiger partial charge is 0.484 e. The Hall–Kier alpha value is -3.57. The van der Waals surface area contributed by atoms with Crippen molar-refractivity contribution in [2.45, 2.75) is 84.0 Å². The molecule has 3 amide bonds. The highest BCUT2D eigenvalue weighted by molar-refractivity contribution is 9.11. The molecular formula is C36H43Br2N3O6. The Morgan fingerprint density at radius 2 is 1.68 bits per heavy atom. The minimum atomic E-state index is -0.561. The van der Waals surface area contributed by atoms with Crippen molar-refractivity contribution in [2.75, 3.05) is 13.1 Å². The number of hydrogen-bond donors (Lipinski definition) is 3. The molecule has 3 N–H and O–H groups in total. The third-order valence-electron chi connectivity index (χ3n) is 7.33. The van der Waals surface area contributed by atoms with Gasteiger partial charge in [-0.15, -0.1) is 0 Å². The Balaban J connectivity index is 1.46. The van der Waals surface area contributed by atoms with Gasteiger partial charge in [0.1, 0.15) is 18.0 Å². The quantitative estimate of drug-likeness (QED) is 0.202. The second-order valence-corrected chi connectivity index (χ2v) is 14.2. The number of aryl methyl sites for hydroxylation is 1. The summed E-state index contributed by atoms with van der Waals surface area (Å²) < 4.78 is 19.4. The number of hydrogen-bond acceptors (Lipinski definition) is 6. The second-order valence-electron chi connectivity index (χ2n) is 12.5. The van der Waals surface area contributed by atoms with Gasteiger partial charge in [-0.2, -0.15) is 0 Å². The van der Waals surface area contributed by atoms with Crippen molar-refractivity contribution in [3.8, 4) is 17.2 Å². The lowest BCUT2D eigenvalue weighted by atomic mass is 10.0. The average molecular weight is 774 g/mol. The second kappa shape index (κ2) is 17.5. The first-order valence-electron chi connectivity index (χ1n) is 15.9. The molecule has 3 aromatic rings. The molecule has 3 aromatic carbocycles. The third kappa shape index (κ3) is 12.5. The van der Waals surface area contributed by atoms with E-state index in [1.807, 2.05) is 81.4 Å². The summed E-state index contributed by atoms with van der Waals surface area (Å²) in [4.78, 5) is 37.9. The van der Waals surface area contributed by atoms with Gasteiger partial charge in [0.2, 0.25) is 11.8 Å². The number of rotatable bonds is 8. The molecule has 2 aliphatic heterocycles. The number of unbranched alkanes of at least 4 members (excludes halogenated alkanes) is 1. The van der Waals surface area contributed by atoms with Crippen LogP contribution < -0.4 is 25.4 Å². The third-order valence-corrected chi connectivity index (χ3v) is 8.54. The lowest BCUT2D eigenvalue weighted by Crippen LogP contribution is -2.40. The lowest BCUT2D eigenvalue weighted by molar-refractivity contribution is -0.123. The first-order chi connectivity index (χ1) is 22.4.